The molecule has 0 unspecified atom stereocenters. The Morgan fingerprint density at radius 3 is 2.43 bits per heavy atom. The summed E-state index contributed by atoms with van der Waals surface area (Å²) in [5.74, 6) is 0.850. The van der Waals surface area contributed by atoms with Crippen molar-refractivity contribution in [2.45, 2.75) is 26.2 Å². The van der Waals surface area contributed by atoms with E-state index in [4.69, 9.17) is 4.74 Å². The highest BCUT2D eigenvalue weighted by Gasteiger charge is 2.16. The molecule has 112 valence electrons. The minimum Gasteiger partial charge on any atom is -0.378 e. The molecule has 0 atom stereocenters. The normalized spacial score (nSPS) is 16.2. The van der Waals surface area contributed by atoms with Gasteiger partial charge in [0.2, 0.25) is 0 Å². The molecule has 0 aromatic carbocycles. The second-order valence-corrected chi connectivity index (χ2v) is 6.40. The summed E-state index contributed by atoms with van der Waals surface area (Å²) < 4.78 is 7.21. The van der Waals surface area contributed by atoms with Gasteiger partial charge >= 0.3 is 0 Å². The maximum atomic E-state index is 5.37. The van der Waals surface area contributed by atoms with Gasteiger partial charge in [-0.2, -0.15) is 5.10 Å². The maximum Gasteiger partial charge on any atom is 0.153 e. The zero-order valence-electron chi connectivity index (χ0n) is 12.9. The van der Waals surface area contributed by atoms with Crippen LogP contribution in [0.2, 0.25) is 0 Å². The summed E-state index contributed by atoms with van der Waals surface area (Å²) in [6.07, 6.45) is 5.88. The van der Waals surface area contributed by atoms with E-state index in [0.29, 0.717) is 0 Å². The first-order valence-electron chi connectivity index (χ1n) is 7.38. The van der Waals surface area contributed by atoms with Crippen molar-refractivity contribution >= 4 is 5.69 Å². The topological polar surface area (TPSA) is 43.2 Å². The van der Waals surface area contributed by atoms with Gasteiger partial charge in [0, 0.05) is 19.3 Å². The summed E-state index contributed by atoms with van der Waals surface area (Å²) in [6.45, 7) is 9.98. The quantitative estimate of drug-likeness (QED) is 0.850. The number of anilines is 1. The SMILES string of the molecule is CC(C)(C)c1cnn(-c2ccc(N3CCOCC3)cn2)c1. The number of rotatable bonds is 2. The van der Waals surface area contributed by atoms with E-state index in [1.165, 1.54) is 5.56 Å². The lowest BCUT2D eigenvalue weighted by atomic mass is 9.90. The summed E-state index contributed by atoms with van der Waals surface area (Å²) in [5, 5.41) is 4.42. The molecule has 1 aliphatic heterocycles. The summed E-state index contributed by atoms with van der Waals surface area (Å²) >= 11 is 0. The number of ether oxygens (including phenoxy) is 1. The molecule has 3 heterocycles. The van der Waals surface area contributed by atoms with Crippen molar-refractivity contribution in [2.75, 3.05) is 31.2 Å². The number of nitrogens with zero attached hydrogens (tertiary/aromatic N) is 4. The fourth-order valence-corrected chi connectivity index (χ4v) is 2.36. The molecule has 0 N–H and O–H groups in total. The van der Waals surface area contributed by atoms with Gasteiger partial charge in [0.05, 0.1) is 31.3 Å². The van der Waals surface area contributed by atoms with Crippen molar-refractivity contribution in [2.24, 2.45) is 0 Å². The molecule has 1 fully saturated rings. The van der Waals surface area contributed by atoms with E-state index in [1.54, 1.807) is 0 Å². The van der Waals surface area contributed by atoms with E-state index in [-0.39, 0.29) is 5.41 Å². The minimum atomic E-state index is 0.103. The van der Waals surface area contributed by atoms with Gasteiger partial charge in [-0.15, -0.1) is 0 Å². The lowest BCUT2D eigenvalue weighted by Gasteiger charge is -2.28. The van der Waals surface area contributed by atoms with Crippen molar-refractivity contribution in [3.8, 4) is 5.82 Å². The second kappa shape index (κ2) is 5.48. The van der Waals surface area contributed by atoms with Crippen LogP contribution in [0.3, 0.4) is 0 Å². The number of pyridine rings is 1. The van der Waals surface area contributed by atoms with Crippen LogP contribution in [-0.4, -0.2) is 41.1 Å². The van der Waals surface area contributed by atoms with E-state index in [9.17, 15) is 0 Å². The van der Waals surface area contributed by atoms with Crippen LogP contribution in [0.1, 0.15) is 26.3 Å². The van der Waals surface area contributed by atoms with Crippen molar-refractivity contribution < 1.29 is 4.74 Å². The van der Waals surface area contributed by atoms with Gasteiger partial charge in [0.15, 0.2) is 5.82 Å². The fraction of sp³-hybridized carbons (Fsp3) is 0.500. The lowest BCUT2D eigenvalue weighted by Crippen LogP contribution is -2.36. The molecule has 0 amide bonds. The number of hydrogen-bond acceptors (Lipinski definition) is 4. The van der Waals surface area contributed by atoms with E-state index in [2.05, 4.69) is 48.0 Å². The molecule has 2 aromatic heterocycles. The third-order valence-corrected chi connectivity index (χ3v) is 3.79. The second-order valence-electron chi connectivity index (χ2n) is 6.40. The van der Waals surface area contributed by atoms with Gasteiger partial charge in [0.1, 0.15) is 0 Å². The van der Waals surface area contributed by atoms with Gasteiger partial charge in [-0.25, -0.2) is 9.67 Å². The molecular formula is C16H22N4O. The van der Waals surface area contributed by atoms with Gasteiger partial charge in [-0.3, -0.25) is 0 Å². The third-order valence-electron chi connectivity index (χ3n) is 3.79. The smallest absolute Gasteiger partial charge is 0.153 e. The summed E-state index contributed by atoms with van der Waals surface area (Å²) in [5.41, 5.74) is 2.46. The molecule has 0 aliphatic carbocycles. The highest BCUT2D eigenvalue weighted by atomic mass is 16.5. The molecule has 2 aromatic rings. The Bertz CT molecular complexity index is 591. The Labute approximate surface area is 125 Å². The van der Waals surface area contributed by atoms with Crippen LogP contribution >= 0.6 is 0 Å². The minimum absolute atomic E-state index is 0.103. The van der Waals surface area contributed by atoms with Gasteiger partial charge in [-0.1, -0.05) is 20.8 Å². The maximum absolute atomic E-state index is 5.37. The van der Waals surface area contributed by atoms with E-state index in [0.717, 1.165) is 37.8 Å². The van der Waals surface area contributed by atoms with Crippen molar-refractivity contribution in [3.63, 3.8) is 0 Å². The predicted octanol–water partition coefficient (Wildman–Crippen LogP) is 2.40. The summed E-state index contributed by atoms with van der Waals surface area (Å²) in [6, 6.07) is 4.12. The van der Waals surface area contributed by atoms with E-state index >= 15 is 0 Å². The lowest BCUT2D eigenvalue weighted by molar-refractivity contribution is 0.122. The molecule has 1 aliphatic rings. The number of aromatic nitrogens is 3. The van der Waals surface area contributed by atoms with Crippen LogP contribution in [0.5, 0.6) is 0 Å². The van der Waals surface area contributed by atoms with Gasteiger partial charge in [0.25, 0.3) is 0 Å². The molecule has 0 spiro atoms. The first-order chi connectivity index (χ1) is 10.0. The van der Waals surface area contributed by atoms with Crippen LogP contribution in [-0.2, 0) is 10.2 Å². The highest BCUT2D eigenvalue weighted by Crippen LogP contribution is 2.22. The van der Waals surface area contributed by atoms with Gasteiger partial charge in [-0.05, 0) is 23.1 Å². The number of morpholine rings is 1. The molecule has 21 heavy (non-hydrogen) atoms. The summed E-state index contributed by atoms with van der Waals surface area (Å²) in [7, 11) is 0. The van der Waals surface area contributed by atoms with Crippen LogP contribution in [0, 0.1) is 0 Å². The van der Waals surface area contributed by atoms with Crippen LogP contribution in [0.4, 0.5) is 5.69 Å². The molecule has 1 saturated heterocycles. The Balaban J connectivity index is 1.79. The zero-order valence-corrected chi connectivity index (χ0v) is 12.9. The van der Waals surface area contributed by atoms with Crippen LogP contribution in [0.15, 0.2) is 30.7 Å². The van der Waals surface area contributed by atoms with Crippen molar-refractivity contribution in [3.05, 3.63) is 36.3 Å². The first-order valence-corrected chi connectivity index (χ1v) is 7.38. The predicted molar refractivity (Wildman–Crippen MR) is 83.1 cm³/mol. The Hall–Kier alpha value is -1.88. The Kier molecular flexibility index (Phi) is 3.68. The van der Waals surface area contributed by atoms with E-state index < -0.39 is 0 Å². The Morgan fingerprint density at radius 2 is 1.86 bits per heavy atom. The molecule has 0 saturated carbocycles. The van der Waals surface area contributed by atoms with Crippen molar-refractivity contribution in [1.82, 2.24) is 14.8 Å². The average Bonchev–Trinajstić information content (AvgIpc) is 2.98. The first kappa shape index (κ1) is 14.1. The molecular weight excluding hydrogens is 264 g/mol. The standard InChI is InChI=1S/C16H22N4O/c1-16(2,3)13-10-18-20(12-13)15-5-4-14(11-17-15)19-6-8-21-9-7-19/h4-5,10-12H,6-9H2,1-3H3. The van der Waals surface area contributed by atoms with Gasteiger partial charge < -0.3 is 9.64 Å². The number of hydrogen-bond donors (Lipinski definition) is 0. The zero-order chi connectivity index (χ0) is 14.9. The molecule has 5 nitrogen and oxygen atoms in total. The van der Waals surface area contributed by atoms with Crippen LogP contribution in [0.25, 0.3) is 5.82 Å². The van der Waals surface area contributed by atoms with Crippen LogP contribution < -0.4 is 4.90 Å². The molecule has 5 heteroatoms. The van der Waals surface area contributed by atoms with E-state index in [1.807, 2.05) is 23.1 Å². The molecule has 0 bridgehead atoms. The largest absolute Gasteiger partial charge is 0.378 e. The van der Waals surface area contributed by atoms with Crippen molar-refractivity contribution in [1.29, 1.82) is 0 Å². The third kappa shape index (κ3) is 3.08. The fourth-order valence-electron chi connectivity index (χ4n) is 2.36. The summed E-state index contributed by atoms with van der Waals surface area (Å²) in [4.78, 5) is 6.83. The average molecular weight is 286 g/mol. The molecule has 3 rings (SSSR count). The highest BCUT2D eigenvalue weighted by molar-refractivity contribution is 5.46. The monoisotopic (exact) mass is 286 g/mol. The Morgan fingerprint density at radius 1 is 1.10 bits per heavy atom. The molecule has 0 radical (unpaired) electrons.